The van der Waals surface area contributed by atoms with Crippen molar-refractivity contribution in [3.05, 3.63) is 93.9 Å². The molecule has 3 N–H and O–H groups in total. The summed E-state index contributed by atoms with van der Waals surface area (Å²) >= 11 is 0. The van der Waals surface area contributed by atoms with Crippen LogP contribution in [0.2, 0.25) is 0 Å². The first kappa shape index (κ1) is 24.4. The van der Waals surface area contributed by atoms with Gasteiger partial charge in [0.2, 0.25) is 0 Å². The van der Waals surface area contributed by atoms with Gasteiger partial charge in [-0.05, 0) is 55.8 Å². The van der Waals surface area contributed by atoms with Crippen LogP contribution >= 0.6 is 0 Å². The molecule has 0 fully saturated rings. The SMILES string of the molecule is C=C=C(NCCN(CC)CC)c1c(C)[nH]c(/C=c2\c(=C)[nH]c3cc(-c4ccccc4)ccc23)c1C. The van der Waals surface area contributed by atoms with Gasteiger partial charge in [0.05, 0.1) is 5.70 Å². The van der Waals surface area contributed by atoms with Gasteiger partial charge in [-0.15, -0.1) is 5.73 Å². The number of fused-ring (bicyclic) bond motifs is 1. The average molecular weight is 465 g/mol. The maximum atomic E-state index is 4.29. The summed E-state index contributed by atoms with van der Waals surface area (Å²) in [5.74, 6) is 0. The molecule has 0 unspecified atom stereocenters. The van der Waals surface area contributed by atoms with E-state index in [0.29, 0.717) is 0 Å². The molecule has 0 aliphatic rings. The summed E-state index contributed by atoms with van der Waals surface area (Å²) in [6.07, 6.45) is 2.20. The monoisotopic (exact) mass is 464 g/mol. The minimum Gasteiger partial charge on any atom is -0.377 e. The number of rotatable bonds is 9. The van der Waals surface area contributed by atoms with Crippen LogP contribution in [0.1, 0.15) is 36.4 Å². The van der Waals surface area contributed by atoms with Crippen LogP contribution in [0.5, 0.6) is 0 Å². The molecular weight excluding hydrogens is 428 g/mol. The highest BCUT2D eigenvalue weighted by atomic mass is 15.1. The van der Waals surface area contributed by atoms with Crippen molar-refractivity contribution in [2.45, 2.75) is 27.7 Å². The van der Waals surface area contributed by atoms with Gasteiger partial charge < -0.3 is 20.2 Å². The van der Waals surface area contributed by atoms with Crippen molar-refractivity contribution in [3.63, 3.8) is 0 Å². The number of benzene rings is 2. The van der Waals surface area contributed by atoms with Crippen molar-refractivity contribution in [2.24, 2.45) is 0 Å². The summed E-state index contributed by atoms with van der Waals surface area (Å²) in [5, 5.41) is 6.73. The zero-order chi connectivity index (χ0) is 24.9. The molecule has 35 heavy (non-hydrogen) atoms. The van der Waals surface area contributed by atoms with Gasteiger partial charge in [-0.1, -0.05) is 69.5 Å². The number of aromatic amines is 2. The number of nitrogens with one attached hydrogen (secondary N) is 3. The normalized spacial score (nSPS) is 11.9. The molecule has 4 rings (SSSR count). The molecule has 0 spiro atoms. The Morgan fingerprint density at radius 3 is 2.46 bits per heavy atom. The van der Waals surface area contributed by atoms with Gasteiger partial charge in [0.15, 0.2) is 0 Å². The summed E-state index contributed by atoms with van der Waals surface area (Å²) in [6, 6.07) is 17.0. The van der Waals surface area contributed by atoms with E-state index in [1.165, 1.54) is 22.1 Å². The second-order valence-corrected chi connectivity index (χ2v) is 8.96. The molecule has 180 valence electrons. The number of H-pyrrole nitrogens is 2. The highest BCUT2D eigenvalue weighted by Crippen LogP contribution is 2.25. The molecule has 4 heteroatoms. The Labute approximate surface area is 208 Å². The van der Waals surface area contributed by atoms with E-state index in [2.05, 4.69) is 115 Å². The van der Waals surface area contributed by atoms with E-state index in [9.17, 15) is 0 Å². The Balaban J connectivity index is 1.68. The maximum Gasteiger partial charge on any atom is 0.0862 e. The van der Waals surface area contributed by atoms with Crippen LogP contribution in [-0.2, 0) is 0 Å². The molecule has 0 aliphatic carbocycles. The standard InChI is InChI=1S/C31H36N4/c1-7-28(32-17-18-35(8-2)9-3)31-21(4)29(34-23(31)6)20-27-22(5)33-30-19-25(15-16-26(27)30)24-13-11-10-12-14-24/h10-16,19-20,32-34H,1,5,8-9,17-18H2,2-4,6H3/b27-20+. The van der Waals surface area contributed by atoms with E-state index in [4.69, 9.17) is 0 Å². The lowest BCUT2D eigenvalue weighted by Gasteiger charge is -2.19. The smallest absolute Gasteiger partial charge is 0.0862 e. The minimum atomic E-state index is 0.859. The van der Waals surface area contributed by atoms with Crippen LogP contribution in [0.25, 0.3) is 40.4 Å². The van der Waals surface area contributed by atoms with Gasteiger partial charge in [0.25, 0.3) is 0 Å². The van der Waals surface area contributed by atoms with Crippen molar-refractivity contribution in [1.82, 2.24) is 20.2 Å². The van der Waals surface area contributed by atoms with Crippen molar-refractivity contribution in [3.8, 4) is 11.1 Å². The van der Waals surface area contributed by atoms with E-state index < -0.39 is 0 Å². The number of hydrogen-bond donors (Lipinski definition) is 3. The zero-order valence-electron chi connectivity index (χ0n) is 21.4. The van der Waals surface area contributed by atoms with Crippen LogP contribution in [0.15, 0.2) is 60.8 Å². The van der Waals surface area contributed by atoms with Crippen molar-refractivity contribution in [2.75, 3.05) is 26.2 Å². The van der Waals surface area contributed by atoms with Gasteiger partial charge in [0, 0.05) is 51.5 Å². The third kappa shape index (κ3) is 5.05. The highest BCUT2D eigenvalue weighted by molar-refractivity contribution is 5.87. The fourth-order valence-corrected chi connectivity index (χ4v) is 4.81. The van der Waals surface area contributed by atoms with Gasteiger partial charge in [-0.3, -0.25) is 0 Å². The largest absolute Gasteiger partial charge is 0.377 e. The average Bonchev–Trinajstić information content (AvgIpc) is 3.34. The molecule has 0 saturated heterocycles. The Hall–Kier alpha value is -3.72. The van der Waals surface area contributed by atoms with Crippen LogP contribution in [0, 0.1) is 13.8 Å². The topological polar surface area (TPSA) is 46.8 Å². The first-order chi connectivity index (χ1) is 17.0. The van der Waals surface area contributed by atoms with Crippen molar-refractivity contribution < 1.29 is 0 Å². The van der Waals surface area contributed by atoms with E-state index in [1.807, 2.05) is 6.07 Å². The molecule has 2 aromatic heterocycles. The van der Waals surface area contributed by atoms with Gasteiger partial charge in [0.1, 0.15) is 0 Å². The third-order valence-corrected chi connectivity index (χ3v) is 6.84. The molecule has 0 radical (unpaired) electrons. The highest BCUT2D eigenvalue weighted by Gasteiger charge is 2.15. The second kappa shape index (κ2) is 10.7. The molecule has 0 aliphatic heterocycles. The predicted molar refractivity (Wildman–Crippen MR) is 151 cm³/mol. The van der Waals surface area contributed by atoms with Crippen molar-refractivity contribution in [1.29, 1.82) is 0 Å². The maximum absolute atomic E-state index is 4.29. The van der Waals surface area contributed by atoms with Crippen LogP contribution in [-0.4, -0.2) is 41.0 Å². The summed E-state index contributed by atoms with van der Waals surface area (Å²) < 4.78 is 0. The first-order valence-corrected chi connectivity index (χ1v) is 12.4. The quantitative estimate of drug-likeness (QED) is 0.303. The molecule has 0 saturated carbocycles. The van der Waals surface area contributed by atoms with Gasteiger partial charge in [-0.2, -0.15) is 0 Å². The lowest BCUT2D eigenvalue weighted by molar-refractivity contribution is 0.308. The lowest BCUT2D eigenvalue weighted by atomic mass is 10.0. The molecule has 2 heterocycles. The number of aromatic nitrogens is 2. The van der Waals surface area contributed by atoms with Crippen LogP contribution < -0.4 is 15.9 Å². The number of nitrogens with zero attached hydrogens (tertiary/aromatic N) is 1. The third-order valence-electron chi connectivity index (χ3n) is 6.84. The van der Waals surface area contributed by atoms with E-state index >= 15 is 0 Å². The summed E-state index contributed by atoms with van der Waals surface area (Å²) in [4.78, 5) is 9.46. The van der Waals surface area contributed by atoms with Gasteiger partial charge >= 0.3 is 0 Å². The van der Waals surface area contributed by atoms with E-state index in [1.54, 1.807) is 0 Å². The molecule has 4 nitrogen and oxygen atoms in total. The molecule has 0 amide bonds. The summed E-state index contributed by atoms with van der Waals surface area (Å²) in [7, 11) is 0. The van der Waals surface area contributed by atoms with Crippen molar-refractivity contribution >= 4 is 29.3 Å². The minimum absolute atomic E-state index is 0.859. The Morgan fingerprint density at radius 2 is 1.77 bits per heavy atom. The first-order valence-electron chi connectivity index (χ1n) is 12.4. The molecule has 4 aromatic rings. The predicted octanol–water partition coefficient (Wildman–Crippen LogP) is 5.08. The molecule has 0 bridgehead atoms. The second-order valence-electron chi connectivity index (χ2n) is 8.96. The summed E-state index contributed by atoms with van der Waals surface area (Å²) in [5.41, 5.74) is 12.1. The lowest BCUT2D eigenvalue weighted by Crippen LogP contribution is -2.31. The Bertz CT molecular complexity index is 1480. The van der Waals surface area contributed by atoms with Crippen LogP contribution in [0.4, 0.5) is 0 Å². The fraction of sp³-hybridized carbons (Fsp3) is 0.258. The van der Waals surface area contributed by atoms with E-state index in [0.717, 1.165) is 64.9 Å². The molecule has 0 atom stereocenters. The van der Waals surface area contributed by atoms with E-state index in [-0.39, 0.29) is 0 Å². The number of likely N-dealkylation sites (N-methyl/N-ethyl adjacent to an activating group) is 1. The Kier molecular flexibility index (Phi) is 7.45. The number of hydrogen-bond acceptors (Lipinski definition) is 2. The molecular formula is C31H36N4. The van der Waals surface area contributed by atoms with Gasteiger partial charge in [-0.25, -0.2) is 0 Å². The number of aryl methyl sites for hydroxylation is 1. The zero-order valence-corrected chi connectivity index (χ0v) is 21.4. The summed E-state index contributed by atoms with van der Waals surface area (Å²) in [6.45, 7) is 20.9. The molecule has 2 aromatic carbocycles. The fourth-order valence-electron chi connectivity index (χ4n) is 4.81. The Morgan fingerprint density at radius 1 is 1.03 bits per heavy atom. The van der Waals surface area contributed by atoms with Crippen LogP contribution in [0.3, 0.4) is 0 Å².